The Balaban J connectivity index is 2.41. The Labute approximate surface area is 142 Å². The number of aromatic nitrogens is 1. The molecular weight excluding hydrogens is 324 g/mol. The van der Waals surface area contributed by atoms with Gasteiger partial charge in [0.2, 0.25) is 5.88 Å². The van der Waals surface area contributed by atoms with E-state index in [1.165, 1.54) is 22.8 Å². The van der Waals surface area contributed by atoms with Gasteiger partial charge in [0.1, 0.15) is 17.4 Å². The second-order valence-corrected chi connectivity index (χ2v) is 5.67. The molecule has 1 aliphatic rings. The molecule has 8 nitrogen and oxygen atoms in total. The average molecular weight is 338 g/mol. The SMILES string of the molecule is Cc1cc2c(c(=O)n1C)[C@@H](c1ccccc1[N+](=O)[O-])C(C#N)=C(N)O2. The molecule has 126 valence electrons. The van der Waals surface area contributed by atoms with Crippen molar-refractivity contribution in [2.24, 2.45) is 12.8 Å². The first-order valence-corrected chi connectivity index (χ1v) is 7.38. The van der Waals surface area contributed by atoms with Crippen LogP contribution in [0, 0.1) is 28.4 Å². The van der Waals surface area contributed by atoms with E-state index in [2.05, 4.69) is 0 Å². The summed E-state index contributed by atoms with van der Waals surface area (Å²) in [7, 11) is 1.59. The summed E-state index contributed by atoms with van der Waals surface area (Å²) in [6, 6.07) is 9.53. The van der Waals surface area contributed by atoms with Gasteiger partial charge in [-0.05, 0) is 6.92 Å². The standard InChI is InChI=1S/C17H14N4O4/c1-9-7-13-15(17(22)20(9)2)14(11(8-18)16(19)25-13)10-5-3-4-6-12(10)21(23)24/h3-7,14H,19H2,1-2H3/t14-/m0/s1. The minimum absolute atomic E-state index is 0.0252. The number of aryl methyl sites for hydroxylation is 1. The number of nitro benzene ring substituents is 1. The number of pyridine rings is 1. The Hall–Kier alpha value is -3.60. The van der Waals surface area contributed by atoms with E-state index in [9.17, 15) is 20.2 Å². The summed E-state index contributed by atoms with van der Waals surface area (Å²) >= 11 is 0. The number of nitro groups is 1. The van der Waals surface area contributed by atoms with Gasteiger partial charge in [-0.3, -0.25) is 14.9 Å². The molecule has 0 saturated carbocycles. The first kappa shape index (κ1) is 16.3. The molecular formula is C17H14N4O4. The fourth-order valence-corrected chi connectivity index (χ4v) is 2.95. The number of nitrogens with two attached hydrogens (primary N) is 1. The van der Waals surface area contributed by atoms with Crippen molar-refractivity contribution in [2.45, 2.75) is 12.8 Å². The molecule has 1 aromatic carbocycles. The van der Waals surface area contributed by atoms with Crippen LogP contribution in [0.2, 0.25) is 0 Å². The maximum absolute atomic E-state index is 12.8. The van der Waals surface area contributed by atoms with Crippen molar-refractivity contribution in [3.05, 3.63) is 79.1 Å². The lowest BCUT2D eigenvalue weighted by Gasteiger charge is -2.26. The van der Waals surface area contributed by atoms with Gasteiger partial charge >= 0.3 is 0 Å². The number of ether oxygens (including phenoxy) is 1. The monoisotopic (exact) mass is 338 g/mol. The number of allylic oxidation sites excluding steroid dienone is 1. The summed E-state index contributed by atoms with van der Waals surface area (Å²) in [5.41, 5.74) is 6.26. The van der Waals surface area contributed by atoms with E-state index in [0.29, 0.717) is 5.69 Å². The highest BCUT2D eigenvalue weighted by molar-refractivity contribution is 5.59. The van der Waals surface area contributed by atoms with Crippen molar-refractivity contribution >= 4 is 5.69 Å². The first-order chi connectivity index (χ1) is 11.9. The highest BCUT2D eigenvalue weighted by atomic mass is 16.6. The Morgan fingerprint density at radius 1 is 1.40 bits per heavy atom. The largest absolute Gasteiger partial charge is 0.440 e. The lowest BCUT2D eigenvalue weighted by Crippen LogP contribution is -2.31. The van der Waals surface area contributed by atoms with Crippen molar-refractivity contribution in [3.8, 4) is 11.8 Å². The summed E-state index contributed by atoms with van der Waals surface area (Å²) < 4.78 is 6.86. The van der Waals surface area contributed by atoms with Crippen LogP contribution in [0.1, 0.15) is 22.7 Å². The predicted molar refractivity (Wildman–Crippen MR) is 88.8 cm³/mol. The quantitative estimate of drug-likeness (QED) is 0.658. The van der Waals surface area contributed by atoms with Crippen LogP contribution in [0.4, 0.5) is 5.69 Å². The van der Waals surface area contributed by atoms with E-state index < -0.39 is 16.4 Å². The third-order valence-electron chi connectivity index (χ3n) is 4.30. The van der Waals surface area contributed by atoms with Crippen molar-refractivity contribution in [3.63, 3.8) is 0 Å². The zero-order chi connectivity index (χ0) is 18.3. The third kappa shape index (κ3) is 2.42. The number of para-hydroxylation sites is 1. The summed E-state index contributed by atoms with van der Waals surface area (Å²) in [4.78, 5) is 23.7. The van der Waals surface area contributed by atoms with Gasteiger partial charge in [-0.2, -0.15) is 5.26 Å². The van der Waals surface area contributed by atoms with Crippen molar-refractivity contribution in [1.82, 2.24) is 4.57 Å². The van der Waals surface area contributed by atoms with E-state index >= 15 is 0 Å². The fraction of sp³-hybridized carbons (Fsp3) is 0.176. The molecule has 0 spiro atoms. The summed E-state index contributed by atoms with van der Waals surface area (Å²) in [6.07, 6.45) is 0. The van der Waals surface area contributed by atoms with Crippen LogP contribution in [0.5, 0.6) is 5.75 Å². The molecule has 2 N–H and O–H groups in total. The zero-order valence-corrected chi connectivity index (χ0v) is 13.5. The summed E-state index contributed by atoms with van der Waals surface area (Å²) in [5, 5.41) is 20.9. The molecule has 0 bridgehead atoms. The zero-order valence-electron chi connectivity index (χ0n) is 13.5. The summed E-state index contributed by atoms with van der Waals surface area (Å²) in [5.74, 6) is -0.916. The van der Waals surface area contributed by atoms with Crippen molar-refractivity contribution in [2.75, 3.05) is 0 Å². The molecule has 0 unspecified atom stereocenters. The molecule has 3 rings (SSSR count). The Bertz CT molecular complexity index is 1030. The normalized spacial score (nSPS) is 16.0. The molecule has 0 amide bonds. The number of hydrogen-bond donors (Lipinski definition) is 1. The molecule has 1 aromatic heterocycles. The van der Waals surface area contributed by atoms with Crippen LogP contribution in [0.3, 0.4) is 0 Å². The molecule has 0 aliphatic carbocycles. The van der Waals surface area contributed by atoms with Crippen LogP contribution >= 0.6 is 0 Å². The topological polar surface area (TPSA) is 124 Å². The van der Waals surface area contributed by atoms with Crippen LogP contribution in [0.25, 0.3) is 0 Å². The molecule has 25 heavy (non-hydrogen) atoms. The van der Waals surface area contributed by atoms with Gasteiger partial charge in [0.15, 0.2) is 0 Å². The predicted octanol–water partition coefficient (Wildman–Crippen LogP) is 1.82. The second kappa shape index (κ2) is 5.79. The fourth-order valence-electron chi connectivity index (χ4n) is 2.95. The Morgan fingerprint density at radius 3 is 2.72 bits per heavy atom. The van der Waals surface area contributed by atoms with Gasteiger partial charge in [0, 0.05) is 30.4 Å². The number of nitrogens with zero attached hydrogens (tertiary/aromatic N) is 3. The van der Waals surface area contributed by atoms with Crippen molar-refractivity contribution < 1.29 is 9.66 Å². The maximum atomic E-state index is 12.8. The molecule has 0 radical (unpaired) electrons. The van der Waals surface area contributed by atoms with E-state index in [0.717, 1.165) is 0 Å². The van der Waals surface area contributed by atoms with Crippen LogP contribution in [0.15, 0.2) is 46.6 Å². The second-order valence-electron chi connectivity index (χ2n) is 5.67. The average Bonchev–Trinajstić information content (AvgIpc) is 2.58. The maximum Gasteiger partial charge on any atom is 0.273 e. The first-order valence-electron chi connectivity index (χ1n) is 7.38. The third-order valence-corrected chi connectivity index (χ3v) is 4.30. The van der Waals surface area contributed by atoms with E-state index in [4.69, 9.17) is 10.5 Å². The molecule has 2 heterocycles. The Morgan fingerprint density at radius 2 is 2.08 bits per heavy atom. The van der Waals surface area contributed by atoms with Crippen LogP contribution < -0.4 is 16.0 Å². The van der Waals surface area contributed by atoms with Gasteiger partial charge in [0.25, 0.3) is 11.2 Å². The van der Waals surface area contributed by atoms with Crippen molar-refractivity contribution in [1.29, 1.82) is 5.26 Å². The van der Waals surface area contributed by atoms with E-state index in [1.54, 1.807) is 26.1 Å². The van der Waals surface area contributed by atoms with E-state index in [-0.39, 0.29) is 34.0 Å². The molecule has 2 aromatic rings. The van der Waals surface area contributed by atoms with Gasteiger partial charge in [-0.1, -0.05) is 18.2 Å². The van der Waals surface area contributed by atoms with Gasteiger partial charge in [-0.15, -0.1) is 0 Å². The lowest BCUT2D eigenvalue weighted by molar-refractivity contribution is -0.385. The minimum Gasteiger partial charge on any atom is -0.440 e. The number of benzene rings is 1. The van der Waals surface area contributed by atoms with Crippen LogP contribution in [-0.2, 0) is 7.05 Å². The highest BCUT2D eigenvalue weighted by Gasteiger charge is 2.37. The molecule has 1 aliphatic heterocycles. The number of hydrogen-bond acceptors (Lipinski definition) is 6. The van der Waals surface area contributed by atoms with E-state index in [1.807, 2.05) is 6.07 Å². The van der Waals surface area contributed by atoms with Gasteiger partial charge in [-0.25, -0.2) is 0 Å². The summed E-state index contributed by atoms with van der Waals surface area (Å²) in [6.45, 7) is 1.73. The number of rotatable bonds is 2. The molecule has 0 saturated heterocycles. The van der Waals surface area contributed by atoms with Gasteiger partial charge in [0.05, 0.1) is 16.4 Å². The minimum atomic E-state index is -0.963. The smallest absolute Gasteiger partial charge is 0.273 e. The molecule has 0 fully saturated rings. The molecule has 8 heteroatoms. The number of fused-ring (bicyclic) bond motifs is 1. The number of nitriles is 1. The lowest BCUT2D eigenvalue weighted by atomic mass is 9.83. The highest BCUT2D eigenvalue weighted by Crippen LogP contribution is 2.43. The molecule has 1 atom stereocenters. The van der Waals surface area contributed by atoms with Crippen LogP contribution in [-0.4, -0.2) is 9.49 Å². The Kier molecular flexibility index (Phi) is 3.77. The van der Waals surface area contributed by atoms with Gasteiger partial charge < -0.3 is 15.0 Å².